The Balaban J connectivity index is 1.57. The molecule has 2 aromatic carbocycles. The molecule has 1 N–H and O–H groups in total. The van der Waals surface area contributed by atoms with E-state index in [1.54, 1.807) is 30.5 Å². The Labute approximate surface area is 165 Å². The number of hydrogen-bond acceptors (Lipinski definition) is 5. The molecule has 0 fully saturated rings. The summed E-state index contributed by atoms with van der Waals surface area (Å²) < 4.78 is 19.3. The van der Waals surface area contributed by atoms with Gasteiger partial charge >= 0.3 is 0 Å². The second kappa shape index (κ2) is 9.23. The van der Waals surface area contributed by atoms with Crippen molar-refractivity contribution >= 4 is 23.4 Å². The molecule has 0 radical (unpaired) electrons. The lowest BCUT2D eigenvalue weighted by Crippen LogP contribution is -2.09. The van der Waals surface area contributed by atoms with Crippen molar-refractivity contribution in [1.82, 2.24) is 4.98 Å². The van der Waals surface area contributed by atoms with Crippen LogP contribution in [0.2, 0.25) is 0 Å². The summed E-state index contributed by atoms with van der Waals surface area (Å²) in [5.74, 6) is -0.720. The summed E-state index contributed by atoms with van der Waals surface area (Å²) in [6, 6.07) is 15.5. The lowest BCUT2D eigenvalue weighted by atomic mass is 10.2. The third-order valence-electron chi connectivity index (χ3n) is 3.84. The number of amides is 1. The molecular formula is C21H16FN3O4. The van der Waals surface area contributed by atoms with Gasteiger partial charge < -0.3 is 10.1 Å². The molecule has 0 saturated carbocycles. The molecule has 0 atom stereocenters. The molecule has 0 aliphatic heterocycles. The minimum Gasteiger partial charge on any atom is -0.487 e. The fourth-order valence-corrected chi connectivity index (χ4v) is 2.38. The van der Waals surface area contributed by atoms with Crippen molar-refractivity contribution in [2.75, 3.05) is 5.32 Å². The monoisotopic (exact) mass is 393 g/mol. The number of nitrogens with one attached hydrogen (secondary N) is 1. The second-order valence-corrected chi connectivity index (χ2v) is 5.92. The van der Waals surface area contributed by atoms with E-state index in [1.807, 2.05) is 18.2 Å². The molecule has 0 unspecified atom stereocenters. The summed E-state index contributed by atoms with van der Waals surface area (Å²) in [6.07, 6.45) is 4.44. The molecule has 29 heavy (non-hydrogen) atoms. The summed E-state index contributed by atoms with van der Waals surface area (Å²) >= 11 is 0. The Morgan fingerprint density at radius 2 is 1.97 bits per heavy atom. The maximum absolute atomic E-state index is 13.7. The summed E-state index contributed by atoms with van der Waals surface area (Å²) in [4.78, 5) is 26.2. The first kappa shape index (κ1) is 19.7. The fourth-order valence-electron chi connectivity index (χ4n) is 2.38. The molecule has 3 aromatic rings. The molecule has 146 valence electrons. The zero-order chi connectivity index (χ0) is 20.6. The number of halogens is 1. The van der Waals surface area contributed by atoms with Gasteiger partial charge in [-0.1, -0.05) is 18.2 Å². The molecule has 1 amide bonds. The minimum absolute atomic E-state index is 0.257. The first-order valence-electron chi connectivity index (χ1n) is 8.57. The molecule has 0 aliphatic carbocycles. The molecule has 0 spiro atoms. The van der Waals surface area contributed by atoms with E-state index in [1.165, 1.54) is 12.2 Å². The van der Waals surface area contributed by atoms with E-state index < -0.39 is 16.6 Å². The maximum atomic E-state index is 13.7. The van der Waals surface area contributed by atoms with Crippen LogP contribution >= 0.6 is 0 Å². The van der Waals surface area contributed by atoms with Gasteiger partial charge in [-0.05, 0) is 42.0 Å². The lowest BCUT2D eigenvalue weighted by Gasteiger charge is -2.06. The topological polar surface area (TPSA) is 94.4 Å². The minimum atomic E-state index is -0.758. The van der Waals surface area contributed by atoms with Crippen molar-refractivity contribution in [3.05, 3.63) is 100 Å². The number of pyridine rings is 1. The van der Waals surface area contributed by atoms with E-state index >= 15 is 0 Å². The number of carbonyl (C=O) groups excluding carboxylic acids is 1. The Kier molecular flexibility index (Phi) is 6.26. The highest BCUT2D eigenvalue weighted by Gasteiger charge is 2.12. The Morgan fingerprint density at radius 3 is 2.66 bits per heavy atom. The number of nitrogens with zero attached hydrogens (tertiary/aromatic N) is 2. The van der Waals surface area contributed by atoms with E-state index in [-0.39, 0.29) is 11.4 Å². The van der Waals surface area contributed by atoms with E-state index in [2.05, 4.69) is 10.3 Å². The number of carbonyl (C=O) groups is 1. The second-order valence-electron chi connectivity index (χ2n) is 5.92. The predicted molar refractivity (Wildman–Crippen MR) is 106 cm³/mol. The number of benzene rings is 2. The number of nitro groups is 1. The highest BCUT2D eigenvalue weighted by atomic mass is 19.1. The molecule has 3 rings (SSSR count). The maximum Gasteiger partial charge on any atom is 0.271 e. The predicted octanol–water partition coefficient (Wildman–Crippen LogP) is 4.36. The highest BCUT2D eigenvalue weighted by molar-refractivity contribution is 6.02. The van der Waals surface area contributed by atoms with Crippen molar-refractivity contribution in [2.45, 2.75) is 6.61 Å². The zero-order valence-corrected chi connectivity index (χ0v) is 15.1. The molecule has 1 aromatic heterocycles. The third kappa shape index (κ3) is 5.70. The van der Waals surface area contributed by atoms with Crippen LogP contribution in [0.1, 0.15) is 11.3 Å². The van der Waals surface area contributed by atoms with Crippen LogP contribution in [0, 0.1) is 15.9 Å². The Morgan fingerprint density at radius 1 is 1.17 bits per heavy atom. The average molecular weight is 393 g/mol. The molecule has 0 bridgehead atoms. The molecule has 8 heteroatoms. The number of rotatable bonds is 7. The normalized spacial score (nSPS) is 10.7. The lowest BCUT2D eigenvalue weighted by molar-refractivity contribution is -0.384. The van der Waals surface area contributed by atoms with Crippen molar-refractivity contribution in [3.63, 3.8) is 0 Å². The van der Waals surface area contributed by atoms with Crippen LogP contribution in [-0.2, 0) is 11.4 Å². The van der Waals surface area contributed by atoms with Crippen molar-refractivity contribution in [3.8, 4) is 5.75 Å². The van der Waals surface area contributed by atoms with Gasteiger partial charge in [-0.3, -0.25) is 19.9 Å². The van der Waals surface area contributed by atoms with Crippen LogP contribution in [0.15, 0.2) is 72.9 Å². The van der Waals surface area contributed by atoms with Gasteiger partial charge in [0.25, 0.3) is 5.69 Å². The van der Waals surface area contributed by atoms with Gasteiger partial charge in [0.2, 0.25) is 5.91 Å². The van der Waals surface area contributed by atoms with E-state index in [9.17, 15) is 19.3 Å². The summed E-state index contributed by atoms with van der Waals surface area (Å²) in [7, 11) is 0. The van der Waals surface area contributed by atoms with Crippen molar-refractivity contribution in [2.24, 2.45) is 0 Å². The number of ether oxygens (including phenoxy) is 1. The quantitative estimate of drug-likeness (QED) is 0.366. The van der Waals surface area contributed by atoms with Gasteiger partial charge in [0.05, 0.1) is 16.3 Å². The zero-order valence-electron chi connectivity index (χ0n) is 15.1. The Hall–Kier alpha value is -4.07. The van der Waals surface area contributed by atoms with Crippen LogP contribution < -0.4 is 10.1 Å². The first-order chi connectivity index (χ1) is 14.0. The number of nitro benzene ring substituents is 1. The van der Waals surface area contributed by atoms with Crippen LogP contribution in [-0.4, -0.2) is 15.8 Å². The van der Waals surface area contributed by atoms with E-state index in [4.69, 9.17) is 4.74 Å². The fraction of sp³-hybridized carbons (Fsp3) is 0.0476. The van der Waals surface area contributed by atoms with Gasteiger partial charge in [-0.15, -0.1) is 0 Å². The average Bonchev–Trinajstić information content (AvgIpc) is 2.73. The summed E-state index contributed by atoms with van der Waals surface area (Å²) in [5.41, 5.74) is 0.963. The number of anilines is 1. The number of aromatic nitrogens is 1. The van der Waals surface area contributed by atoms with Gasteiger partial charge in [0.1, 0.15) is 18.2 Å². The van der Waals surface area contributed by atoms with Crippen molar-refractivity contribution in [1.29, 1.82) is 0 Å². The third-order valence-corrected chi connectivity index (χ3v) is 3.84. The van der Waals surface area contributed by atoms with Gasteiger partial charge in [-0.2, -0.15) is 0 Å². The molecule has 1 heterocycles. The van der Waals surface area contributed by atoms with E-state index in [0.717, 1.165) is 29.5 Å². The van der Waals surface area contributed by atoms with Gasteiger partial charge in [0.15, 0.2) is 0 Å². The largest absolute Gasteiger partial charge is 0.487 e. The summed E-state index contributed by atoms with van der Waals surface area (Å²) in [5, 5.41) is 13.0. The standard InChI is InChI=1S/C21H16FN3O4/c22-19-10-7-17(25(27)28)13-20(19)24-21(26)11-6-15-4-8-18(9-5-15)29-14-16-3-1-2-12-23-16/h1-13H,14H2,(H,24,26). The van der Waals surface area contributed by atoms with Crippen LogP contribution in [0.3, 0.4) is 0 Å². The van der Waals surface area contributed by atoms with Crippen molar-refractivity contribution < 1.29 is 18.8 Å². The molecule has 0 aliphatic rings. The summed E-state index contributed by atoms with van der Waals surface area (Å²) in [6.45, 7) is 0.340. The molecule has 0 saturated heterocycles. The first-order valence-corrected chi connectivity index (χ1v) is 8.57. The highest BCUT2D eigenvalue weighted by Crippen LogP contribution is 2.21. The Bertz CT molecular complexity index is 1040. The van der Waals surface area contributed by atoms with Crippen LogP contribution in [0.25, 0.3) is 6.08 Å². The number of hydrogen-bond donors (Lipinski definition) is 1. The smallest absolute Gasteiger partial charge is 0.271 e. The molecular weight excluding hydrogens is 377 g/mol. The van der Waals surface area contributed by atoms with Gasteiger partial charge in [-0.25, -0.2) is 4.39 Å². The number of non-ortho nitro benzene ring substituents is 1. The SMILES string of the molecule is O=C(C=Cc1ccc(OCc2ccccn2)cc1)Nc1cc([N+](=O)[O-])ccc1F. The van der Waals surface area contributed by atoms with Crippen LogP contribution in [0.4, 0.5) is 15.8 Å². The van der Waals surface area contributed by atoms with E-state index in [0.29, 0.717) is 12.4 Å². The van der Waals surface area contributed by atoms with Gasteiger partial charge in [0, 0.05) is 24.4 Å². The van der Waals surface area contributed by atoms with Crippen LogP contribution in [0.5, 0.6) is 5.75 Å². The molecule has 7 nitrogen and oxygen atoms in total.